The molecule has 1 aliphatic carbocycles. The van der Waals surface area contributed by atoms with Gasteiger partial charge in [-0.15, -0.1) is 0 Å². The molecule has 2 atom stereocenters. The van der Waals surface area contributed by atoms with Crippen LogP contribution in [0.4, 0.5) is 10.5 Å². The molecule has 3 aromatic rings. The van der Waals surface area contributed by atoms with Crippen LogP contribution in [0.15, 0.2) is 77.7 Å². The Labute approximate surface area is 234 Å². The third-order valence-corrected chi connectivity index (χ3v) is 9.42. The fourth-order valence-electron chi connectivity index (χ4n) is 5.30. The van der Waals surface area contributed by atoms with Crippen molar-refractivity contribution in [2.24, 2.45) is 0 Å². The second kappa shape index (κ2) is 11.5. The number of benzene rings is 3. The molecule has 1 aliphatic heterocycles. The number of nitriles is 1. The fraction of sp³-hybridized carbons (Fsp3) is 0.300. The maximum Gasteiger partial charge on any atom is 0.321 e. The van der Waals surface area contributed by atoms with Crippen LogP contribution in [-0.4, -0.2) is 55.2 Å². The lowest BCUT2D eigenvalue weighted by Crippen LogP contribution is -2.62. The van der Waals surface area contributed by atoms with Crippen LogP contribution in [0.2, 0.25) is 0 Å². The number of nitrogens with zero attached hydrogens (tertiary/aromatic N) is 3. The number of carbonyl (C=O) groups is 2. The molecular formula is C30H31N5O4S. The lowest BCUT2D eigenvalue weighted by atomic mass is 9.87. The van der Waals surface area contributed by atoms with E-state index in [1.807, 2.05) is 49.4 Å². The summed E-state index contributed by atoms with van der Waals surface area (Å²) in [7, 11) is -4.09. The fourth-order valence-corrected chi connectivity index (χ4v) is 6.87. The molecule has 3 amide bonds. The summed E-state index contributed by atoms with van der Waals surface area (Å²) in [6.45, 7) is 1.91. The Bertz CT molecular complexity index is 1550. The van der Waals surface area contributed by atoms with Crippen molar-refractivity contribution in [3.05, 3.63) is 95.1 Å². The number of amides is 3. The van der Waals surface area contributed by atoms with Crippen LogP contribution in [0.25, 0.3) is 0 Å². The van der Waals surface area contributed by atoms with E-state index in [4.69, 9.17) is 5.26 Å². The van der Waals surface area contributed by atoms with Crippen molar-refractivity contribution >= 4 is 27.6 Å². The van der Waals surface area contributed by atoms with Gasteiger partial charge in [0.1, 0.15) is 6.04 Å². The number of anilines is 1. The molecule has 206 valence electrons. The Morgan fingerprint density at radius 3 is 2.42 bits per heavy atom. The normalized spacial score (nSPS) is 19.2. The molecule has 0 radical (unpaired) electrons. The van der Waals surface area contributed by atoms with E-state index >= 15 is 0 Å². The van der Waals surface area contributed by atoms with Gasteiger partial charge in [-0.25, -0.2) is 13.2 Å². The summed E-state index contributed by atoms with van der Waals surface area (Å²) in [6, 6.07) is 21.1. The molecule has 0 aromatic heterocycles. The number of hydrogen-bond acceptors (Lipinski definition) is 5. The molecule has 2 N–H and O–H groups in total. The molecule has 10 heteroatoms. The minimum Gasteiger partial charge on any atom is -0.348 e. The van der Waals surface area contributed by atoms with Crippen LogP contribution >= 0.6 is 0 Å². The molecular weight excluding hydrogens is 526 g/mol. The molecule has 1 fully saturated rings. The first-order valence-electron chi connectivity index (χ1n) is 13.3. The molecule has 1 saturated heterocycles. The first-order valence-corrected chi connectivity index (χ1v) is 14.7. The number of sulfonamides is 1. The maximum absolute atomic E-state index is 13.8. The zero-order chi connectivity index (χ0) is 28.3. The van der Waals surface area contributed by atoms with Gasteiger partial charge in [-0.3, -0.25) is 4.79 Å². The Balaban J connectivity index is 1.41. The van der Waals surface area contributed by atoms with Crippen molar-refractivity contribution in [3.63, 3.8) is 0 Å². The Morgan fingerprint density at radius 2 is 1.70 bits per heavy atom. The predicted octanol–water partition coefficient (Wildman–Crippen LogP) is 3.97. The average Bonchev–Trinajstić information content (AvgIpc) is 2.98. The van der Waals surface area contributed by atoms with Gasteiger partial charge in [0.05, 0.1) is 22.6 Å². The number of rotatable bonds is 5. The highest BCUT2D eigenvalue weighted by molar-refractivity contribution is 7.89. The zero-order valence-electron chi connectivity index (χ0n) is 22.2. The molecule has 0 bridgehead atoms. The van der Waals surface area contributed by atoms with Crippen LogP contribution in [0.3, 0.4) is 0 Å². The Kier molecular flexibility index (Phi) is 7.87. The van der Waals surface area contributed by atoms with Crippen LogP contribution in [0.5, 0.6) is 0 Å². The van der Waals surface area contributed by atoms with Gasteiger partial charge in [0.25, 0.3) is 0 Å². The first-order chi connectivity index (χ1) is 19.3. The number of hydrogen-bond donors (Lipinski definition) is 2. The van der Waals surface area contributed by atoms with Crippen molar-refractivity contribution in [2.75, 3.05) is 25.0 Å². The molecule has 0 spiro atoms. The average molecular weight is 558 g/mol. The summed E-state index contributed by atoms with van der Waals surface area (Å²) >= 11 is 0. The highest BCUT2D eigenvalue weighted by Crippen LogP contribution is 2.30. The van der Waals surface area contributed by atoms with E-state index in [-0.39, 0.29) is 30.6 Å². The molecule has 1 heterocycles. The van der Waals surface area contributed by atoms with E-state index in [9.17, 15) is 18.0 Å². The lowest BCUT2D eigenvalue weighted by molar-refractivity contribution is -0.127. The second-order valence-corrected chi connectivity index (χ2v) is 12.1. The summed E-state index contributed by atoms with van der Waals surface area (Å²) < 4.78 is 28.6. The summed E-state index contributed by atoms with van der Waals surface area (Å²) in [4.78, 5) is 28.4. The summed E-state index contributed by atoms with van der Waals surface area (Å²) in [5.74, 6) is -0.452. The minimum atomic E-state index is -4.09. The monoisotopic (exact) mass is 557 g/mol. The van der Waals surface area contributed by atoms with Gasteiger partial charge in [-0.1, -0.05) is 42.0 Å². The lowest BCUT2D eigenvalue weighted by Gasteiger charge is -2.40. The van der Waals surface area contributed by atoms with Crippen LogP contribution in [-0.2, 0) is 21.2 Å². The standard InChI is InChI=1S/C30H31N5O4S/c1-21-9-13-24(14-10-21)32-30(37)34-17-18-35(40(38,39)25-15-11-22(19-31)12-16-25)28(20-34)29(36)33-27-8-4-6-23-5-2-3-7-26(23)27/h2-3,5,7,9-16,27-28H,4,6,8,17-18,20H2,1H3,(H,32,37)(H,33,36). The van der Waals surface area contributed by atoms with E-state index in [0.29, 0.717) is 11.3 Å². The number of aryl methyl sites for hydroxylation is 2. The van der Waals surface area contributed by atoms with Crippen LogP contribution in [0.1, 0.15) is 41.1 Å². The quantitative estimate of drug-likeness (QED) is 0.492. The second-order valence-electron chi connectivity index (χ2n) is 10.2. The first kappa shape index (κ1) is 27.4. The van der Waals surface area contributed by atoms with Crippen LogP contribution in [0, 0.1) is 18.3 Å². The van der Waals surface area contributed by atoms with E-state index < -0.39 is 28.0 Å². The number of urea groups is 1. The highest BCUT2D eigenvalue weighted by atomic mass is 32.2. The molecule has 2 unspecified atom stereocenters. The van der Waals surface area contributed by atoms with Crippen molar-refractivity contribution in [1.82, 2.24) is 14.5 Å². The number of nitrogens with one attached hydrogen (secondary N) is 2. The van der Waals surface area contributed by atoms with Crippen molar-refractivity contribution in [2.45, 2.75) is 43.2 Å². The van der Waals surface area contributed by atoms with Crippen molar-refractivity contribution < 1.29 is 18.0 Å². The number of piperazine rings is 1. The largest absolute Gasteiger partial charge is 0.348 e. The topological polar surface area (TPSA) is 123 Å². The zero-order valence-corrected chi connectivity index (χ0v) is 23.0. The molecule has 0 saturated carbocycles. The molecule has 3 aromatic carbocycles. The summed E-state index contributed by atoms with van der Waals surface area (Å²) in [5, 5.41) is 15.0. The van der Waals surface area contributed by atoms with Gasteiger partial charge in [-0.2, -0.15) is 9.57 Å². The maximum atomic E-state index is 13.8. The van der Waals surface area contributed by atoms with E-state index in [1.165, 1.54) is 39.0 Å². The van der Waals surface area contributed by atoms with Gasteiger partial charge >= 0.3 is 6.03 Å². The van der Waals surface area contributed by atoms with E-state index in [1.54, 1.807) is 12.1 Å². The van der Waals surface area contributed by atoms with E-state index in [0.717, 1.165) is 30.4 Å². The highest BCUT2D eigenvalue weighted by Gasteiger charge is 2.42. The summed E-state index contributed by atoms with van der Waals surface area (Å²) in [5.41, 5.74) is 4.21. The predicted molar refractivity (Wildman–Crippen MR) is 151 cm³/mol. The molecule has 40 heavy (non-hydrogen) atoms. The van der Waals surface area contributed by atoms with Gasteiger partial charge in [0.2, 0.25) is 15.9 Å². The van der Waals surface area contributed by atoms with Crippen molar-refractivity contribution in [1.29, 1.82) is 5.26 Å². The van der Waals surface area contributed by atoms with Gasteiger partial charge in [0.15, 0.2) is 0 Å². The minimum absolute atomic E-state index is 0.00938. The Hall–Kier alpha value is -4.20. The van der Waals surface area contributed by atoms with Gasteiger partial charge < -0.3 is 15.5 Å². The van der Waals surface area contributed by atoms with Crippen LogP contribution < -0.4 is 10.6 Å². The van der Waals surface area contributed by atoms with Crippen molar-refractivity contribution in [3.8, 4) is 6.07 Å². The molecule has 5 rings (SSSR count). The Morgan fingerprint density at radius 1 is 0.975 bits per heavy atom. The molecule has 9 nitrogen and oxygen atoms in total. The molecule has 2 aliphatic rings. The third kappa shape index (κ3) is 5.71. The van der Waals surface area contributed by atoms with E-state index in [2.05, 4.69) is 10.6 Å². The van der Waals surface area contributed by atoms with Gasteiger partial charge in [0, 0.05) is 25.3 Å². The SMILES string of the molecule is Cc1ccc(NC(=O)N2CCN(S(=O)(=O)c3ccc(C#N)cc3)C(C(=O)NC3CCCc4ccccc43)C2)cc1. The third-order valence-electron chi connectivity index (χ3n) is 7.50. The number of fused-ring (bicyclic) bond motifs is 1. The number of carbonyl (C=O) groups excluding carboxylic acids is 2. The van der Waals surface area contributed by atoms with Gasteiger partial charge in [-0.05, 0) is 73.7 Å². The smallest absolute Gasteiger partial charge is 0.321 e. The summed E-state index contributed by atoms with van der Waals surface area (Å²) in [6.07, 6.45) is 2.58.